The Bertz CT molecular complexity index is 694. The highest BCUT2D eigenvalue weighted by Crippen LogP contribution is 2.44. The highest BCUT2D eigenvalue weighted by molar-refractivity contribution is 5.80. The zero-order valence-corrected chi connectivity index (χ0v) is 25.2. The molecule has 40 heavy (non-hydrogen) atoms. The minimum atomic E-state index is -0.511. The fourth-order valence-electron chi connectivity index (χ4n) is 9.84. The number of amides is 2. The lowest BCUT2D eigenvalue weighted by atomic mass is 9.68. The van der Waals surface area contributed by atoms with Crippen LogP contribution in [0, 0.1) is 35.5 Å². The largest absolute Gasteiger partial charge is 0.286 e. The summed E-state index contributed by atoms with van der Waals surface area (Å²) in [5, 5.41) is 25.4. The molecule has 0 spiro atoms. The molecule has 0 saturated heterocycles. The first kappa shape index (κ1) is 30.3. The smallest absolute Gasteiger partial charge is 0.249 e. The molecule has 2 N–H and O–H groups in total. The molecule has 0 bridgehead atoms. The third-order valence-electron chi connectivity index (χ3n) is 12.0. The molecule has 5 aliphatic carbocycles. The summed E-state index contributed by atoms with van der Waals surface area (Å²) in [5.74, 6) is 0.955. The van der Waals surface area contributed by atoms with Crippen LogP contribution in [0.25, 0.3) is 0 Å². The quantitative estimate of drug-likeness (QED) is 0.232. The molecule has 228 valence electrons. The van der Waals surface area contributed by atoms with Gasteiger partial charge in [-0.1, -0.05) is 89.9 Å². The second-order valence-electron chi connectivity index (χ2n) is 14.4. The predicted octanol–water partition coefficient (Wildman–Crippen LogP) is 8.29. The zero-order valence-electron chi connectivity index (χ0n) is 25.2. The number of carbonyl (C=O) groups excluding carboxylic acids is 2. The molecule has 1 unspecified atom stereocenters. The van der Waals surface area contributed by atoms with Crippen LogP contribution in [-0.2, 0) is 9.59 Å². The number of rotatable bonds is 8. The molecular weight excluding hydrogens is 500 g/mol. The molecule has 0 radical (unpaired) electrons. The van der Waals surface area contributed by atoms with E-state index in [0.29, 0.717) is 36.5 Å². The first-order chi connectivity index (χ1) is 19.6. The van der Waals surface area contributed by atoms with Gasteiger partial charge in [-0.2, -0.15) is 0 Å². The van der Waals surface area contributed by atoms with Gasteiger partial charge in [0.1, 0.15) is 0 Å². The summed E-state index contributed by atoms with van der Waals surface area (Å²) in [6.07, 6.45) is 26.3. The number of hydrogen-bond donors (Lipinski definition) is 2. The van der Waals surface area contributed by atoms with Crippen LogP contribution in [0.2, 0.25) is 0 Å². The Kier molecular flexibility index (Phi) is 11.3. The van der Waals surface area contributed by atoms with Gasteiger partial charge in [0.2, 0.25) is 11.8 Å². The first-order valence-electron chi connectivity index (χ1n) is 17.6. The molecular formula is C34H58N2O4. The Morgan fingerprint density at radius 2 is 0.625 bits per heavy atom. The minimum Gasteiger partial charge on any atom is -0.286 e. The van der Waals surface area contributed by atoms with Crippen molar-refractivity contribution in [1.82, 2.24) is 10.1 Å². The highest BCUT2D eigenvalue weighted by atomic mass is 16.5. The van der Waals surface area contributed by atoms with Crippen molar-refractivity contribution in [2.45, 2.75) is 166 Å². The first-order valence-corrected chi connectivity index (χ1v) is 17.6. The molecule has 6 nitrogen and oxygen atoms in total. The second-order valence-corrected chi connectivity index (χ2v) is 14.4. The zero-order chi connectivity index (χ0) is 27.9. The van der Waals surface area contributed by atoms with E-state index < -0.39 is 12.1 Å². The van der Waals surface area contributed by atoms with Gasteiger partial charge in [-0.15, -0.1) is 0 Å². The molecule has 0 aliphatic heterocycles. The van der Waals surface area contributed by atoms with Gasteiger partial charge in [-0.25, -0.2) is 10.1 Å². The molecule has 2 atom stereocenters. The maximum absolute atomic E-state index is 14.2. The summed E-state index contributed by atoms with van der Waals surface area (Å²) in [6, 6.07) is -1.02. The summed E-state index contributed by atoms with van der Waals surface area (Å²) in [5.41, 5.74) is 0. The number of carbonyl (C=O) groups is 2. The van der Waals surface area contributed by atoms with Crippen molar-refractivity contribution in [2.75, 3.05) is 0 Å². The lowest BCUT2D eigenvalue weighted by Gasteiger charge is -2.45. The Labute approximate surface area is 243 Å². The van der Waals surface area contributed by atoms with Gasteiger partial charge < -0.3 is 0 Å². The fourth-order valence-corrected chi connectivity index (χ4v) is 9.84. The Morgan fingerprint density at radius 1 is 0.400 bits per heavy atom. The SMILES string of the molecule is O=C(C(C1CCCCC1)C1CCCCC1)N(O)C1CCCC[C@H]1N(O)C(=O)C(C1CCCCC1)C1CCCCC1. The van der Waals surface area contributed by atoms with E-state index in [1.54, 1.807) is 0 Å². The molecule has 5 aliphatic rings. The van der Waals surface area contributed by atoms with Crippen molar-refractivity contribution in [2.24, 2.45) is 35.5 Å². The van der Waals surface area contributed by atoms with Gasteiger partial charge in [0.05, 0.1) is 12.1 Å². The average Bonchev–Trinajstić information content (AvgIpc) is 3.02. The Hall–Kier alpha value is -1.14. The van der Waals surface area contributed by atoms with Crippen LogP contribution in [-0.4, -0.2) is 44.4 Å². The molecule has 5 fully saturated rings. The lowest BCUT2D eigenvalue weighted by Crippen LogP contribution is -2.58. The summed E-state index contributed by atoms with van der Waals surface area (Å²) in [7, 11) is 0. The van der Waals surface area contributed by atoms with E-state index in [1.165, 1.54) is 77.0 Å². The van der Waals surface area contributed by atoms with E-state index in [0.717, 1.165) is 74.3 Å². The molecule has 0 aromatic rings. The number of nitrogens with zero attached hydrogens (tertiary/aromatic N) is 2. The van der Waals surface area contributed by atoms with Gasteiger partial charge in [0.15, 0.2) is 0 Å². The standard InChI is InChI=1S/C34H58N2O4/c37-33(31(25-15-5-1-6-16-25)26-17-7-2-8-18-26)35(39)29-23-13-14-24-30(29)36(40)34(38)32(27-19-9-3-10-20-27)28-21-11-4-12-22-28/h25-32,39-40H,1-24H2/t29-,30?/m1/s1. The summed E-state index contributed by atoms with van der Waals surface area (Å²) in [4.78, 5) is 28.4. The monoisotopic (exact) mass is 558 g/mol. The van der Waals surface area contributed by atoms with E-state index in [4.69, 9.17) is 0 Å². The Morgan fingerprint density at radius 3 is 0.875 bits per heavy atom. The van der Waals surface area contributed by atoms with Crippen LogP contribution in [0.15, 0.2) is 0 Å². The van der Waals surface area contributed by atoms with Gasteiger partial charge in [-0.05, 0) is 87.9 Å². The summed E-state index contributed by atoms with van der Waals surface area (Å²) < 4.78 is 0. The van der Waals surface area contributed by atoms with Crippen molar-refractivity contribution in [3.05, 3.63) is 0 Å². The van der Waals surface area contributed by atoms with Gasteiger partial charge in [0.25, 0.3) is 0 Å². The average molecular weight is 559 g/mol. The highest BCUT2D eigenvalue weighted by Gasteiger charge is 2.46. The normalized spacial score (nSPS) is 28.6. The van der Waals surface area contributed by atoms with E-state index in [9.17, 15) is 20.0 Å². The van der Waals surface area contributed by atoms with Crippen LogP contribution in [0.1, 0.15) is 154 Å². The topological polar surface area (TPSA) is 81.1 Å². The summed E-state index contributed by atoms with van der Waals surface area (Å²) in [6.45, 7) is 0. The van der Waals surface area contributed by atoms with E-state index in [1.807, 2.05) is 0 Å². The van der Waals surface area contributed by atoms with E-state index >= 15 is 0 Å². The van der Waals surface area contributed by atoms with Crippen molar-refractivity contribution >= 4 is 11.8 Å². The minimum absolute atomic E-state index is 0.117. The molecule has 0 aromatic carbocycles. The second kappa shape index (κ2) is 14.8. The van der Waals surface area contributed by atoms with Crippen molar-refractivity contribution in [3.8, 4) is 0 Å². The molecule has 2 amide bonds. The van der Waals surface area contributed by atoms with Gasteiger partial charge >= 0.3 is 0 Å². The maximum Gasteiger partial charge on any atom is 0.249 e. The fraction of sp³-hybridized carbons (Fsp3) is 0.941. The Balaban J connectivity index is 1.33. The van der Waals surface area contributed by atoms with E-state index in [-0.39, 0.29) is 23.7 Å². The van der Waals surface area contributed by atoms with Crippen LogP contribution in [0.5, 0.6) is 0 Å². The maximum atomic E-state index is 14.2. The predicted molar refractivity (Wildman–Crippen MR) is 157 cm³/mol. The van der Waals surface area contributed by atoms with Crippen LogP contribution in [0.4, 0.5) is 0 Å². The van der Waals surface area contributed by atoms with Gasteiger partial charge in [0, 0.05) is 11.8 Å². The van der Waals surface area contributed by atoms with Crippen LogP contribution in [0.3, 0.4) is 0 Å². The number of hydrogen-bond acceptors (Lipinski definition) is 4. The van der Waals surface area contributed by atoms with Crippen LogP contribution < -0.4 is 0 Å². The van der Waals surface area contributed by atoms with Gasteiger partial charge in [-0.3, -0.25) is 20.0 Å². The van der Waals surface area contributed by atoms with Crippen molar-refractivity contribution in [3.63, 3.8) is 0 Å². The van der Waals surface area contributed by atoms with Crippen LogP contribution >= 0.6 is 0 Å². The number of hydroxylamine groups is 4. The van der Waals surface area contributed by atoms with Crippen molar-refractivity contribution < 1.29 is 20.0 Å². The van der Waals surface area contributed by atoms with E-state index in [2.05, 4.69) is 0 Å². The van der Waals surface area contributed by atoms with Crippen molar-refractivity contribution in [1.29, 1.82) is 0 Å². The molecule has 6 heteroatoms. The molecule has 0 aromatic heterocycles. The molecule has 5 saturated carbocycles. The summed E-state index contributed by atoms with van der Waals surface area (Å²) >= 11 is 0. The lowest BCUT2D eigenvalue weighted by molar-refractivity contribution is -0.221. The third kappa shape index (κ3) is 7.07. The molecule has 0 heterocycles. The molecule has 5 rings (SSSR count). The third-order valence-corrected chi connectivity index (χ3v) is 12.0.